The first-order valence-electron chi connectivity index (χ1n) is 11.0. The molecular weight excluding hydrogens is 442 g/mol. The summed E-state index contributed by atoms with van der Waals surface area (Å²) in [6.07, 6.45) is 3.83. The number of methoxy groups -OCH3 is 1. The first-order chi connectivity index (χ1) is 15.6. The molecule has 0 spiro atoms. The number of benzene rings is 2. The fourth-order valence-corrected chi connectivity index (χ4v) is 6.37. The third-order valence-corrected chi connectivity index (χ3v) is 8.39. The highest BCUT2D eigenvalue weighted by Crippen LogP contribution is 2.26. The summed E-state index contributed by atoms with van der Waals surface area (Å²) in [5, 5.41) is 2.09. The zero-order chi connectivity index (χ0) is 22.4. The van der Waals surface area contributed by atoms with Gasteiger partial charge in [-0.3, -0.25) is 0 Å². The summed E-state index contributed by atoms with van der Waals surface area (Å²) < 4.78 is 35.0. The first-order valence-corrected chi connectivity index (χ1v) is 13.3. The van der Waals surface area contributed by atoms with Gasteiger partial charge in [-0.2, -0.15) is 4.31 Å². The van der Waals surface area contributed by atoms with Crippen LogP contribution in [0.3, 0.4) is 0 Å². The number of ether oxygens (including phenoxy) is 1. The Kier molecular flexibility index (Phi) is 7.57. The second kappa shape index (κ2) is 10.6. The first kappa shape index (κ1) is 22.9. The highest BCUT2D eigenvalue weighted by atomic mass is 32.2. The number of para-hydroxylation sites is 1. The van der Waals surface area contributed by atoms with Crippen molar-refractivity contribution in [3.05, 3.63) is 64.8 Å². The number of thiazole rings is 1. The molecule has 0 bridgehead atoms. The molecule has 8 heteroatoms. The molecule has 1 saturated heterocycles. The molecule has 0 saturated carbocycles. The molecule has 0 aliphatic carbocycles. The average Bonchev–Trinajstić information content (AvgIpc) is 3.23. The van der Waals surface area contributed by atoms with Crippen LogP contribution in [0.15, 0.2) is 69.9 Å². The summed E-state index contributed by atoms with van der Waals surface area (Å²) in [6.45, 7) is 2.66. The van der Waals surface area contributed by atoms with Gasteiger partial charge in [-0.05, 0) is 49.1 Å². The lowest BCUT2D eigenvalue weighted by molar-refractivity contribution is 0.190. The standard InChI is InChI=1S/C24H29N3O3S2/c1-30-18-8-17-27-23(19-31-24(27)25-21-9-4-2-5-10-21)20-11-13-22(14-12-20)32(28,29)26-15-6-3-7-16-26/h2,4-5,9-14,19H,3,6-8,15-18H2,1H3. The zero-order valence-corrected chi connectivity index (χ0v) is 19.9. The minimum absolute atomic E-state index is 0.360. The average molecular weight is 472 g/mol. The van der Waals surface area contributed by atoms with E-state index in [2.05, 4.69) is 9.95 Å². The zero-order valence-electron chi connectivity index (χ0n) is 18.3. The lowest BCUT2D eigenvalue weighted by atomic mass is 10.2. The molecule has 0 amide bonds. The van der Waals surface area contributed by atoms with E-state index in [0.717, 1.165) is 54.0 Å². The van der Waals surface area contributed by atoms with Gasteiger partial charge in [0.2, 0.25) is 10.0 Å². The van der Waals surface area contributed by atoms with Gasteiger partial charge < -0.3 is 9.30 Å². The van der Waals surface area contributed by atoms with Crippen LogP contribution < -0.4 is 4.80 Å². The monoisotopic (exact) mass is 471 g/mol. The van der Waals surface area contributed by atoms with Crippen molar-refractivity contribution in [3.8, 4) is 11.3 Å². The number of hydrogen-bond donors (Lipinski definition) is 0. The van der Waals surface area contributed by atoms with Crippen molar-refractivity contribution in [2.45, 2.75) is 37.1 Å². The Morgan fingerprint density at radius 1 is 1.00 bits per heavy atom. The normalized spacial score (nSPS) is 15.8. The predicted octanol–water partition coefficient (Wildman–Crippen LogP) is 4.66. The Hall–Kier alpha value is -2.26. The third kappa shape index (κ3) is 5.20. The van der Waals surface area contributed by atoms with E-state index >= 15 is 0 Å². The molecule has 0 N–H and O–H groups in total. The van der Waals surface area contributed by atoms with Crippen molar-refractivity contribution in [1.82, 2.24) is 8.87 Å². The summed E-state index contributed by atoms with van der Waals surface area (Å²) in [6, 6.07) is 17.2. The van der Waals surface area contributed by atoms with Gasteiger partial charge in [0, 0.05) is 38.7 Å². The second-order valence-corrected chi connectivity index (χ2v) is 10.6. The molecule has 1 aliphatic heterocycles. The molecule has 2 heterocycles. The van der Waals surface area contributed by atoms with Gasteiger partial charge in [0.1, 0.15) is 0 Å². The van der Waals surface area contributed by atoms with Crippen molar-refractivity contribution >= 4 is 27.0 Å². The number of sulfonamides is 1. The van der Waals surface area contributed by atoms with Crippen LogP contribution in [-0.2, 0) is 21.3 Å². The number of aromatic nitrogens is 1. The minimum atomic E-state index is -3.43. The van der Waals surface area contributed by atoms with Crippen molar-refractivity contribution in [1.29, 1.82) is 0 Å². The Morgan fingerprint density at radius 2 is 1.72 bits per heavy atom. The lowest BCUT2D eigenvalue weighted by Crippen LogP contribution is -2.35. The molecule has 0 atom stereocenters. The fraction of sp³-hybridized carbons (Fsp3) is 0.375. The molecule has 32 heavy (non-hydrogen) atoms. The van der Waals surface area contributed by atoms with E-state index in [-0.39, 0.29) is 0 Å². The molecule has 0 radical (unpaired) electrons. The van der Waals surface area contributed by atoms with Gasteiger partial charge in [0.05, 0.1) is 16.3 Å². The second-order valence-electron chi connectivity index (χ2n) is 7.84. The Morgan fingerprint density at radius 3 is 2.41 bits per heavy atom. The maximum Gasteiger partial charge on any atom is 0.243 e. The van der Waals surface area contributed by atoms with E-state index in [4.69, 9.17) is 9.73 Å². The third-order valence-electron chi connectivity index (χ3n) is 5.61. The number of hydrogen-bond acceptors (Lipinski definition) is 5. The van der Waals surface area contributed by atoms with E-state index in [1.54, 1.807) is 34.9 Å². The molecular formula is C24H29N3O3S2. The van der Waals surface area contributed by atoms with Gasteiger partial charge in [-0.15, -0.1) is 11.3 Å². The molecule has 1 aromatic heterocycles. The van der Waals surface area contributed by atoms with Crippen molar-refractivity contribution < 1.29 is 13.2 Å². The topological polar surface area (TPSA) is 63.9 Å². The van der Waals surface area contributed by atoms with Crippen LogP contribution in [0, 0.1) is 0 Å². The largest absolute Gasteiger partial charge is 0.385 e. The van der Waals surface area contributed by atoms with Crippen LogP contribution in [0.2, 0.25) is 0 Å². The molecule has 4 rings (SSSR count). The molecule has 2 aromatic carbocycles. The molecule has 170 valence electrons. The van der Waals surface area contributed by atoms with Crippen LogP contribution in [0.5, 0.6) is 0 Å². The van der Waals surface area contributed by atoms with Gasteiger partial charge in [-0.1, -0.05) is 36.8 Å². The van der Waals surface area contributed by atoms with Crippen LogP contribution >= 0.6 is 11.3 Å². The molecule has 3 aromatic rings. The smallest absolute Gasteiger partial charge is 0.243 e. The van der Waals surface area contributed by atoms with Gasteiger partial charge >= 0.3 is 0 Å². The summed E-state index contributed by atoms with van der Waals surface area (Å²) in [5.74, 6) is 0. The Labute approximate surface area is 193 Å². The van der Waals surface area contributed by atoms with Crippen molar-refractivity contribution in [3.63, 3.8) is 0 Å². The quantitative estimate of drug-likeness (QED) is 0.449. The summed E-state index contributed by atoms with van der Waals surface area (Å²) >= 11 is 1.59. The van der Waals surface area contributed by atoms with E-state index in [9.17, 15) is 8.42 Å². The molecule has 0 unspecified atom stereocenters. The van der Waals surface area contributed by atoms with E-state index in [1.807, 2.05) is 42.5 Å². The number of piperidine rings is 1. The van der Waals surface area contributed by atoms with Gasteiger partial charge in [-0.25, -0.2) is 13.4 Å². The Bertz CT molecular complexity index is 1180. The van der Waals surface area contributed by atoms with Crippen LogP contribution in [0.25, 0.3) is 11.3 Å². The number of rotatable bonds is 8. The summed E-state index contributed by atoms with van der Waals surface area (Å²) in [4.78, 5) is 6.09. The maximum absolute atomic E-state index is 13.0. The fourth-order valence-electron chi connectivity index (χ4n) is 3.90. The molecule has 6 nitrogen and oxygen atoms in total. The summed E-state index contributed by atoms with van der Waals surface area (Å²) in [7, 11) is -1.73. The van der Waals surface area contributed by atoms with E-state index < -0.39 is 10.0 Å². The maximum atomic E-state index is 13.0. The van der Waals surface area contributed by atoms with Crippen molar-refractivity contribution in [2.75, 3.05) is 26.8 Å². The van der Waals surface area contributed by atoms with Crippen molar-refractivity contribution in [2.24, 2.45) is 4.99 Å². The molecule has 1 fully saturated rings. The minimum Gasteiger partial charge on any atom is -0.385 e. The number of nitrogens with zero attached hydrogens (tertiary/aromatic N) is 3. The Balaban J connectivity index is 1.66. The molecule has 1 aliphatic rings. The van der Waals surface area contributed by atoms with Gasteiger partial charge in [0.25, 0.3) is 0 Å². The highest BCUT2D eigenvalue weighted by molar-refractivity contribution is 7.89. The lowest BCUT2D eigenvalue weighted by Gasteiger charge is -2.25. The van der Waals surface area contributed by atoms with Crippen LogP contribution in [0.1, 0.15) is 25.7 Å². The van der Waals surface area contributed by atoms with E-state index in [0.29, 0.717) is 24.6 Å². The SMILES string of the molecule is COCCCn1c(-c2ccc(S(=O)(=O)N3CCCCC3)cc2)csc1=Nc1ccccc1. The van der Waals surface area contributed by atoms with Crippen LogP contribution in [0.4, 0.5) is 5.69 Å². The van der Waals surface area contributed by atoms with Crippen LogP contribution in [-0.4, -0.2) is 44.1 Å². The van der Waals surface area contributed by atoms with E-state index in [1.165, 1.54) is 0 Å². The van der Waals surface area contributed by atoms with Gasteiger partial charge in [0.15, 0.2) is 4.80 Å². The summed E-state index contributed by atoms with van der Waals surface area (Å²) in [5.41, 5.74) is 2.91. The highest BCUT2D eigenvalue weighted by Gasteiger charge is 2.25. The predicted molar refractivity (Wildman–Crippen MR) is 129 cm³/mol.